The first kappa shape index (κ1) is 98.6. The zero-order chi connectivity index (χ0) is 93.0. The molecule has 14 rings (SSSR count). The standard InChI is InChI=1S/5C14H18N2O2.2C13H15FN2O2/c1-3-9(13(15)14(17)18)11-7-16-12-5-4-8(2)6-10(11)12;1-3-9(13(15)14(17)18)11-7-16-12-6-8(2)4-5-10(11)12;1-3-9(13(15)14(17)18)10-7-16-11-6-4-5-8(2)12(10)11;1-3-9(12(15)14(17)18)11-7-16-13-8(2)5-4-6-10(11)13;1-3-9(13(15)14(17)18)12-8(2)16-11-7-5-4-6-10(11)12;1-2-8(12(15)13(17)18)10-6-16-11-4-3-7(14)5-9(10)11;1-2-7(12(15)13(17)18)8-6-16-10-5-3-4-9(14)11(8)10/h3*4-7,9,13,16H,3,15H2,1-2H3,(H,17,18);4-7,9,12,16H,3,15H2,1-2H3,(H,17,18);4-7,9,13,16H,3,15H2,1-2H3,(H,17,18);3-6,8,12,16H,2,15H2,1H3,(H,17,18);3-7,12,16H,2,15H2,1H3,(H,17,18)/t3*9-,13-;9-,12-;9-,13-;8-,12-;7-,12-/m0000000/s1. The Morgan fingerprint density at radius 2 is 0.635 bits per heavy atom. The minimum absolute atomic E-state index is 0.168. The van der Waals surface area contributed by atoms with Crippen LogP contribution in [0.25, 0.3) is 76.3 Å². The molecule has 0 aliphatic rings. The number of para-hydroxylation sites is 2. The Balaban J connectivity index is 0.000000182. The quantitative estimate of drug-likeness (QED) is 0.0216. The maximum absolute atomic E-state index is 13.8. The fraction of sp³-hybridized carbons (Fsp3) is 0.344. The van der Waals surface area contributed by atoms with Crippen LogP contribution in [0.2, 0.25) is 0 Å². The van der Waals surface area contributed by atoms with Crippen LogP contribution in [0.3, 0.4) is 0 Å². The van der Waals surface area contributed by atoms with Gasteiger partial charge in [-0.25, -0.2) is 8.78 Å². The van der Waals surface area contributed by atoms with Crippen LogP contribution in [-0.2, 0) is 33.6 Å². The molecule has 14 atom stereocenters. The van der Waals surface area contributed by atoms with Crippen LogP contribution in [-0.4, -0.2) is 155 Å². The summed E-state index contributed by atoms with van der Waals surface area (Å²) < 4.78 is 27.1. The number of H-pyrrole nitrogens is 7. The molecule has 126 heavy (non-hydrogen) atoms. The molecular formula is C96H120F2N14O14. The summed E-state index contributed by atoms with van der Waals surface area (Å²) in [7, 11) is 0. The summed E-state index contributed by atoms with van der Waals surface area (Å²) in [5.74, 6) is -9.19. The van der Waals surface area contributed by atoms with E-state index in [1.54, 1.807) is 30.6 Å². The van der Waals surface area contributed by atoms with Gasteiger partial charge in [0.15, 0.2) is 0 Å². The zero-order valence-corrected chi connectivity index (χ0v) is 73.0. The van der Waals surface area contributed by atoms with Crippen molar-refractivity contribution in [2.24, 2.45) is 40.1 Å². The van der Waals surface area contributed by atoms with E-state index in [1.165, 1.54) is 23.8 Å². The van der Waals surface area contributed by atoms with Crippen molar-refractivity contribution in [2.45, 2.75) is 212 Å². The van der Waals surface area contributed by atoms with Crippen molar-refractivity contribution in [1.82, 2.24) is 34.9 Å². The number of aryl methyl sites for hydroxylation is 5. The number of carbonyl (C=O) groups is 7. The van der Waals surface area contributed by atoms with Gasteiger partial charge in [0.1, 0.15) is 53.9 Å². The first-order chi connectivity index (χ1) is 59.9. The highest BCUT2D eigenvalue weighted by atomic mass is 19.1. The van der Waals surface area contributed by atoms with E-state index in [2.05, 4.69) is 47.0 Å². The highest BCUT2D eigenvalue weighted by Gasteiger charge is 2.34. The summed E-state index contributed by atoms with van der Waals surface area (Å²) >= 11 is 0. The monoisotopic (exact) mass is 1730 g/mol. The number of aliphatic carboxylic acids is 7. The molecule has 672 valence electrons. The molecule has 28 nitrogen and oxygen atoms in total. The Kier molecular flexibility index (Phi) is 35.0. The summed E-state index contributed by atoms with van der Waals surface area (Å²) in [6.45, 7) is 23.6. The molecule has 30 heteroatoms. The van der Waals surface area contributed by atoms with E-state index in [4.69, 9.17) is 75.9 Å². The molecule has 0 bridgehead atoms. The Labute approximate surface area is 728 Å². The number of fused-ring (bicyclic) bond motifs is 7. The highest BCUT2D eigenvalue weighted by Crippen LogP contribution is 2.39. The van der Waals surface area contributed by atoms with Gasteiger partial charge in [0.2, 0.25) is 0 Å². The molecule has 0 saturated carbocycles. The molecule has 7 aromatic heterocycles. The minimum atomic E-state index is -1.08. The van der Waals surface area contributed by atoms with E-state index in [-0.39, 0.29) is 47.1 Å². The predicted octanol–water partition coefficient (Wildman–Crippen LogP) is 16.3. The normalized spacial score (nSPS) is 14.6. The number of nitrogens with two attached hydrogens (primary N) is 7. The third kappa shape index (κ3) is 22.8. The summed E-state index contributed by atoms with van der Waals surface area (Å²) in [6.07, 6.45) is 15.5. The lowest BCUT2D eigenvalue weighted by atomic mass is 9.87. The topological polar surface area (TPSA) is 554 Å². The van der Waals surface area contributed by atoms with Crippen molar-refractivity contribution in [3.8, 4) is 0 Å². The molecule has 0 fully saturated rings. The second-order valence-electron chi connectivity index (χ2n) is 31.8. The van der Waals surface area contributed by atoms with Crippen molar-refractivity contribution >= 4 is 118 Å². The summed E-state index contributed by atoms with van der Waals surface area (Å²) in [5, 5.41) is 69.9. The molecular weight excluding hydrogens is 1610 g/mol. The molecule has 7 aromatic carbocycles. The highest BCUT2D eigenvalue weighted by molar-refractivity contribution is 5.93. The maximum Gasteiger partial charge on any atom is 0.321 e. The number of hydrogen-bond acceptors (Lipinski definition) is 14. The summed E-state index contributed by atoms with van der Waals surface area (Å²) in [6, 6.07) is 34.9. The Bertz CT molecular complexity index is 5830. The maximum atomic E-state index is 13.8. The van der Waals surface area contributed by atoms with Crippen LogP contribution >= 0.6 is 0 Å². The van der Waals surface area contributed by atoms with E-state index in [0.717, 1.165) is 116 Å². The number of halogens is 2. The van der Waals surface area contributed by atoms with Crippen molar-refractivity contribution < 1.29 is 78.1 Å². The van der Waals surface area contributed by atoms with Gasteiger partial charge in [0.25, 0.3) is 0 Å². The number of nitrogens with one attached hydrogen (secondary N) is 7. The number of aromatic amines is 7. The largest absolute Gasteiger partial charge is 0.480 e. The number of aromatic nitrogens is 7. The van der Waals surface area contributed by atoms with E-state index in [1.807, 2.05) is 193 Å². The van der Waals surface area contributed by atoms with Crippen molar-refractivity contribution in [3.05, 3.63) is 249 Å². The first-order valence-electron chi connectivity index (χ1n) is 42.1. The fourth-order valence-electron chi connectivity index (χ4n) is 17.0. The molecule has 7 heterocycles. The van der Waals surface area contributed by atoms with Crippen LogP contribution in [0, 0.1) is 46.3 Å². The van der Waals surface area contributed by atoms with Crippen LogP contribution in [0.4, 0.5) is 8.78 Å². The first-order valence-corrected chi connectivity index (χ1v) is 42.1. The smallest absolute Gasteiger partial charge is 0.321 e. The van der Waals surface area contributed by atoms with E-state index in [9.17, 15) is 42.3 Å². The lowest BCUT2D eigenvalue weighted by Crippen LogP contribution is -2.36. The number of benzene rings is 7. The molecule has 0 aliphatic carbocycles. The molecule has 0 spiro atoms. The Hall–Kier alpha value is -12.8. The molecule has 0 aliphatic heterocycles. The fourth-order valence-corrected chi connectivity index (χ4v) is 17.0. The Morgan fingerprint density at radius 3 is 1.11 bits per heavy atom. The van der Waals surface area contributed by atoms with Gasteiger partial charge in [0, 0.05) is 161 Å². The Morgan fingerprint density at radius 1 is 0.302 bits per heavy atom. The lowest BCUT2D eigenvalue weighted by Gasteiger charge is -2.19. The molecule has 0 unspecified atom stereocenters. The molecule has 28 N–H and O–H groups in total. The van der Waals surface area contributed by atoms with Gasteiger partial charge in [0.05, 0.1) is 0 Å². The van der Waals surface area contributed by atoms with E-state index < -0.39 is 90.0 Å². The average molecular weight is 1730 g/mol. The van der Waals surface area contributed by atoms with Gasteiger partial charge in [-0.3, -0.25) is 33.6 Å². The second-order valence-corrected chi connectivity index (χ2v) is 31.8. The van der Waals surface area contributed by atoms with Crippen molar-refractivity contribution in [3.63, 3.8) is 0 Å². The SMILES string of the molecule is CC[C@@H](c1c(C)[nH]c2ccccc12)[C@H](N)C(=O)O.CC[C@@H](c1c[nH]c2c(C)cccc12)[C@H](N)C(=O)O.CC[C@@H](c1c[nH]c2cc(C)ccc12)[C@H](N)C(=O)O.CC[C@@H](c1c[nH]c2ccc(C)cc12)[C@H](N)C(=O)O.CC[C@@H](c1c[nH]c2ccc(F)cc12)[C@H](N)C(=O)O.CC[C@@H](c1c[nH]c2cccc(C)c12)[C@H](N)C(=O)O.CC[C@@H](c1c[nH]c2cccc(F)c12)[C@H](N)C(=O)O. The predicted molar refractivity (Wildman–Crippen MR) is 492 cm³/mol. The van der Waals surface area contributed by atoms with Gasteiger partial charge in [-0.1, -0.05) is 127 Å². The van der Waals surface area contributed by atoms with Gasteiger partial charge in [-0.15, -0.1) is 0 Å². The lowest BCUT2D eigenvalue weighted by molar-refractivity contribution is -0.140. The van der Waals surface area contributed by atoms with Crippen LogP contribution in [0.1, 0.15) is 202 Å². The third-order valence-electron chi connectivity index (χ3n) is 23.8. The van der Waals surface area contributed by atoms with Crippen molar-refractivity contribution in [2.75, 3.05) is 0 Å². The van der Waals surface area contributed by atoms with Gasteiger partial charge in [-0.05, 0) is 196 Å². The minimum Gasteiger partial charge on any atom is -0.480 e. The van der Waals surface area contributed by atoms with E-state index >= 15 is 0 Å². The molecule has 0 saturated heterocycles. The second kappa shape index (κ2) is 44.7. The summed E-state index contributed by atoms with van der Waals surface area (Å²) in [4.78, 5) is 99.4. The van der Waals surface area contributed by atoms with Crippen LogP contribution < -0.4 is 40.1 Å². The third-order valence-corrected chi connectivity index (χ3v) is 23.8. The van der Waals surface area contributed by atoms with E-state index in [0.29, 0.717) is 66.8 Å². The number of carboxylic acid groups (broad SMARTS) is 7. The summed E-state index contributed by atoms with van der Waals surface area (Å²) in [5.41, 5.74) is 58.9. The molecule has 14 aromatic rings. The number of hydrogen-bond donors (Lipinski definition) is 21. The number of rotatable bonds is 28. The van der Waals surface area contributed by atoms with Crippen LogP contribution in [0.5, 0.6) is 0 Å². The molecule has 0 radical (unpaired) electrons. The van der Waals surface area contributed by atoms with Crippen LogP contribution in [0.15, 0.2) is 171 Å². The number of carboxylic acids is 7. The van der Waals surface area contributed by atoms with Gasteiger partial charge in [-0.2, -0.15) is 0 Å². The average Bonchev–Trinajstić information content (AvgIpc) is 1.35. The molecule has 0 amide bonds. The van der Waals surface area contributed by atoms with Gasteiger partial charge >= 0.3 is 41.8 Å². The van der Waals surface area contributed by atoms with Crippen molar-refractivity contribution in [1.29, 1.82) is 0 Å². The zero-order valence-electron chi connectivity index (χ0n) is 73.0. The van der Waals surface area contributed by atoms with Gasteiger partial charge < -0.3 is 111 Å².